The molecule has 0 radical (unpaired) electrons. The van der Waals surface area contributed by atoms with E-state index in [-0.39, 0.29) is 18.0 Å². The Bertz CT molecular complexity index is 800. The van der Waals surface area contributed by atoms with E-state index in [2.05, 4.69) is 18.3 Å². The van der Waals surface area contributed by atoms with Gasteiger partial charge in [0.25, 0.3) is 0 Å². The van der Waals surface area contributed by atoms with Crippen LogP contribution in [0.25, 0.3) is 16.5 Å². The number of hydrogen-bond donors (Lipinski definition) is 1. The minimum Gasteiger partial charge on any atom is -0.480 e. The van der Waals surface area contributed by atoms with Gasteiger partial charge in [-0.25, -0.2) is 0 Å². The van der Waals surface area contributed by atoms with Gasteiger partial charge in [0.2, 0.25) is 0 Å². The van der Waals surface area contributed by atoms with Gasteiger partial charge in [0, 0.05) is 12.3 Å². The topological polar surface area (TPSA) is 72.2 Å². The molecule has 0 bridgehead atoms. The second kappa shape index (κ2) is 5.97. The molecule has 0 aliphatic carbocycles. The standard InChI is InChI=1S/C17H18N2O3/c1-5-6-12-7-13(10(2)3)8-14-16(11(4)20)18-19(17(12)14)9-15(21)22/h5,7-8H,1-2,6,9H2,3-4H3,(H,21,22). The molecule has 2 rings (SSSR count). The van der Waals surface area contributed by atoms with E-state index in [1.54, 1.807) is 6.08 Å². The van der Waals surface area contributed by atoms with Gasteiger partial charge in [-0.15, -0.1) is 6.58 Å². The Morgan fingerprint density at radius 3 is 2.55 bits per heavy atom. The van der Waals surface area contributed by atoms with Crippen molar-refractivity contribution in [2.45, 2.75) is 26.8 Å². The highest BCUT2D eigenvalue weighted by Crippen LogP contribution is 2.28. The lowest BCUT2D eigenvalue weighted by molar-refractivity contribution is -0.137. The average Bonchev–Trinajstić information content (AvgIpc) is 2.77. The number of allylic oxidation sites excluding steroid dienone is 2. The second-order valence-corrected chi connectivity index (χ2v) is 5.26. The van der Waals surface area contributed by atoms with Crippen LogP contribution in [0.3, 0.4) is 0 Å². The predicted molar refractivity (Wildman–Crippen MR) is 86.0 cm³/mol. The normalized spacial score (nSPS) is 10.6. The Morgan fingerprint density at radius 1 is 1.36 bits per heavy atom. The lowest BCUT2D eigenvalue weighted by Gasteiger charge is -2.08. The number of carbonyl (C=O) groups is 2. The summed E-state index contributed by atoms with van der Waals surface area (Å²) in [6.45, 7) is 10.7. The molecule has 0 aliphatic rings. The monoisotopic (exact) mass is 298 g/mol. The van der Waals surface area contributed by atoms with Gasteiger partial charge in [0.05, 0.1) is 5.52 Å². The number of fused-ring (bicyclic) bond motifs is 1. The van der Waals surface area contributed by atoms with Crippen LogP contribution in [0.5, 0.6) is 0 Å². The summed E-state index contributed by atoms with van der Waals surface area (Å²) in [6.07, 6.45) is 2.29. The molecule has 22 heavy (non-hydrogen) atoms. The number of nitrogens with zero attached hydrogens (tertiary/aromatic N) is 2. The first-order valence-electron chi connectivity index (χ1n) is 6.88. The van der Waals surface area contributed by atoms with E-state index in [1.165, 1.54) is 11.6 Å². The molecule has 1 heterocycles. The van der Waals surface area contributed by atoms with Crippen LogP contribution in [-0.4, -0.2) is 26.6 Å². The van der Waals surface area contributed by atoms with Gasteiger partial charge < -0.3 is 5.11 Å². The Hall–Kier alpha value is -2.69. The summed E-state index contributed by atoms with van der Waals surface area (Å²) in [5.41, 5.74) is 3.60. The summed E-state index contributed by atoms with van der Waals surface area (Å²) in [6, 6.07) is 3.78. The first-order valence-corrected chi connectivity index (χ1v) is 6.88. The van der Waals surface area contributed by atoms with Crippen LogP contribution in [0, 0.1) is 0 Å². The van der Waals surface area contributed by atoms with Crippen LogP contribution >= 0.6 is 0 Å². The molecule has 5 heteroatoms. The Kier molecular flexibility index (Phi) is 4.26. The highest BCUT2D eigenvalue weighted by molar-refractivity contribution is 6.06. The van der Waals surface area contributed by atoms with Crippen molar-refractivity contribution in [3.05, 3.63) is 48.2 Å². The summed E-state index contributed by atoms with van der Waals surface area (Å²) in [5, 5.41) is 13.9. The largest absolute Gasteiger partial charge is 0.480 e. The minimum atomic E-state index is -1.01. The predicted octanol–water partition coefficient (Wildman–Crippen LogP) is 3.09. The zero-order valence-corrected chi connectivity index (χ0v) is 12.7. The number of hydrogen-bond acceptors (Lipinski definition) is 3. The van der Waals surface area contributed by atoms with E-state index in [1.807, 2.05) is 19.1 Å². The average molecular weight is 298 g/mol. The highest BCUT2D eigenvalue weighted by Gasteiger charge is 2.19. The molecule has 114 valence electrons. The molecule has 1 aromatic carbocycles. The van der Waals surface area contributed by atoms with Crippen LogP contribution in [0.4, 0.5) is 0 Å². The number of aromatic nitrogens is 2. The summed E-state index contributed by atoms with van der Waals surface area (Å²) >= 11 is 0. The van der Waals surface area contributed by atoms with Gasteiger partial charge in [-0.1, -0.05) is 18.2 Å². The zero-order valence-electron chi connectivity index (χ0n) is 12.7. The van der Waals surface area contributed by atoms with Crippen LogP contribution in [0.2, 0.25) is 0 Å². The molecule has 2 aromatic rings. The van der Waals surface area contributed by atoms with Gasteiger partial charge >= 0.3 is 5.97 Å². The van der Waals surface area contributed by atoms with Crippen molar-refractivity contribution in [3.8, 4) is 0 Å². The van der Waals surface area contributed by atoms with Gasteiger partial charge in [0.1, 0.15) is 12.2 Å². The first kappa shape index (κ1) is 15.7. The third kappa shape index (κ3) is 2.83. The number of rotatable bonds is 6. The number of carboxylic acids is 1. The second-order valence-electron chi connectivity index (χ2n) is 5.26. The van der Waals surface area contributed by atoms with E-state index in [0.29, 0.717) is 17.3 Å². The van der Waals surface area contributed by atoms with Crippen molar-refractivity contribution in [1.29, 1.82) is 0 Å². The number of ketones is 1. The molecule has 0 spiro atoms. The minimum absolute atomic E-state index is 0.197. The molecular weight excluding hydrogens is 280 g/mol. The Labute approximate surface area is 128 Å². The number of Topliss-reactive ketones (excluding diaryl/α,β-unsaturated/α-hetero) is 1. The number of aliphatic carboxylic acids is 1. The Morgan fingerprint density at radius 2 is 2.05 bits per heavy atom. The maximum Gasteiger partial charge on any atom is 0.325 e. The highest BCUT2D eigenvalue weighted by atomic mass is 16.4. The smallest absolute Gasteiger partial charge is 0.325 e. The molecular formula is C17H18N2O3. The maximum atomic E-state index is 11.8. The first-order chi connectivity index (χ1) is 10.3. The molecule has 1 N–H and O–H groups in total. The van der Waals surface area contributed by atoms with Crippen molar-refractivity contribution in [1.82, 2.24) is 9.78 Å². The third-order valence-corrected chi connectivity index (χ3v) is 3.40. The molecule has 0 aliphatic heterocycles. The molecule has 0 unspecified atom stereocenters. The SMILES string of the molecule is C=CCc1cc(C(=C)C)cc2c(C(C)=O)nn(CC(=O)O)c12. The van der Waals surface area contributed by atoms with Crippen LogP contribution in [0.1, 0.15) is 35.5 Å². The quantitative estimate of drug-likeness (QED) is 0.657. The molecule has 0 fully saturated rings. The number of carbonyl (C=O) groups excluding carboxylic acids is 1. The molecule has 0 saturated carbocycles. The zero-order chi connectivity index (χ0) is 16.4. The third-order valence-electron chi connectivity index (χ3n) is 3.40. The van der Waals surface area contributed by atoms with Crippen LogP contribution < -0.4 is 0 Å². The molecule has 0 amide bonds. The van der Waals surface area contributed by atoms with Crippen molar-refractivity contribution in [3.63, 3.8) is 0 Å². The summed E-state index contributed by atoms with van der Waals surface area (Å²) < 4.78 is 1.37. The molecule has 0 saturated heterocycles. The van der Waals surface area contributed by atoms with E-state index in [9.17, 15) is 9.59 Å². The van der Waals surface area contributed by atoms with E-state index in [4.69, 9.17) is 5.11 Å². The van der Waals surface area contributed by atoms with Crippen LogP contribution in [0.15, 0.2) is 31.4 Å². The van der Waals surface area contributed by atoms with E-state index in [0.717, 1.165) is 16.7 Å². The van der Waals surface area contributed by atoms with Gasteiger partial charge in [-0.3, -0.25) is 14.3 Å². The van der Waals surface area contributed by atoms with Crippen molar-refractivity contribution < 1.29 is 14.7 Å². The lowest BCUT2D eigenvalue weighted by Crippen LogP contribution is -2.11. The van der Waals surface area contributed by atoms with Gasteiger partial charge in [-0.2, -0.15) is 5.10 Å². The van der Waals surface area contributed by atoms with E-state index >= 15 is 0 Å². The van der Waals surface area contributed by atoms with Crippen molar-refractivity contribution >= 4 is 28.2 Å². The fourth-order valence-electron chi connectivity index (χ4n) is 2.46. The van der Waals surface area contributed by atoms with E-state index < -0.39 is 5.97 Å². The van der Waals surface area contributed by atoms with Crippen molar-refractivity contribution in [2.24, 2.45) is 0 Å². The number of benzene rings is 1. The van der Waals surface area contributed by atoms with Crippen LogP contribution in [-0.2, 0) is 17.8 Å². The summed E-state index contributed by atoms with van der Waals surface area (Å²) in [4.78, 5) is 22.9. The molecule has 0 atom stereocenters. The fourth-order valence-corrected chi connectivity index (χ4v) is 2.46. The molecule has 5 nitrogen and oxygen atoms in total. The summed E-state index contributed by atoms with van der Waals surface area (Å²) in [5.74, 6) is -1.20. The lowest BCUT2D eigenvalue weighted by atomic mass is 9.98. The summed E-state index contributed by atoms with van der Waals surface area (Å²) in [7, 11) is 0. The van der Waals surface area contributed by atoms with Crippen molar-refractivity contribution in [2.75, 3.05) is 0 Å². The molecule has 1 aromatic heterocycles. The maximum absolute atomic E-state index is 11.8. The van der Waals surface area contributed by atoms with Gasteiger partial charge in [0.15, 0.2) is 5.78 Å². The fraction of sp³-hybridized carbons (Fsp3) is 0.235. The Balaban J connectivity index is 2.87. The number of carboxylic acid groups (broad SMARTS) is 1. The van der Waals surface area contributed by atoms with Gasteiger partial charge in [-0.05, 0) is 36.6 Å².